The summed E-state index contributed by atoms with van der Waals surface area (Å²) in [6, 6.07) is 14.3. The van der Waals surface area contributed by atoms with Gasteiger partial charge in [-0.3, -0.25) is 9.59 Å². The number of hydrogen-bond acceptors (Lipinski definition) is 3. The molecular formula is C22H25ClN2O3. The molecule has 2 N–H and O–H groups in total. The summed E-state index contributed by atoms with van der Waals surface area (Å²) in [5, 5.41) is 6.58. The Labute approximate surface area is 170 Å². The first-order chi connectivity index (χ1) is 13.4. The highest BCUT2D eigenvalue weighted by molar-refractivity contribution is 6.30. The lowest BCUT2D eigenvalue weighted by Crippen LogP contribution is -2.32. The Balaban J connectivity index is 1.70. The molecule has 0 radical (unpaired) electrons. The van der Waals surface area contributed by atoms with Gasteiger partial charge in [-0.2, -0.15) is 0 Å². The van der Waals surface area contributed by atoms with Crippen molar-refractivity contribution in [3.05, 3.63) is 64.7 Å². The van der Waals surface area contributed by atoms with Gasteiger partial charge in [0.25, 0.3) is 11.8 Å². The van der Waals surface area contributed by atoms with Crippen molar-refractivity contribution in [3.63, 3.8) is 0 Å². The van der Waals surface area contributed by atoms with Crippen LogP contribution in [0.25, 0.3) is 0 Å². The highest BCUT2D eigenvalue weighted by Crippen LogP contribution is 2.24. The van der Waals surface area contributed by atoms with Crippen molar-refractivity contribution in [2.24, 2.45) is 5.92 Å². The van der Waals surface area contributed by atoms with Gasteiger partial charge < -0.3 is 15.4 Å². The van der Waals surface area contributed by atoms with E-state index >= 15 is 0 Å². The second-order valence-electron chi connectivity index (χ2n) is 7.32. The zero-order valence-corrected chi connectivity index (χ0v) is 16.8. The van der Waals surface area contributed by atoms with E-state index in [1.807, 2.05) is 24.3 Å². The summed E-state index contributed by atoms with van der Waals surface area (Å²) < 4.78 is 5.40. The van der Waals surface area contributed by atoms with E-state index in [0.717, 1.165) is 18.4 Å². The minimum absolute atomic E-state index is 0.144. The van der Waals surface area contributed by atoms with Crippen LogP contribution in [0, 0.1) is 5.92 Å². The van der Waals surface area contributed by atoms with Gasteiger partial charge in [0.2, 0.25) is 0 Å². The quantitative estimate of drug-likeness (QED) is 0.745. The molecule has 0 aromatic heterocycles. The predicted octanol–water partition coefficient (Wildman–Crippen LogP) is 4.58. The van der Waals surface area contributed by atoms with Crippen molar-refractivity contribution in [1.29, 1.82) is 0 Å². The number of carbonyl (C=O) groups is 2. The minimum Gasteiger partial charge on any atom is -0.368 e. The van der Waals surface area contributed by atoms with Crippen molar-refractivity contribution >= 4 is 29.1 Å². The summed E-state index contributed by atoms with van der Waals surface area (Å²) >= 11 is 5.97. The van der Waals surface area contributed by atoms with Crippen molar-refractivity contribution in [2.75, 3.05) is 11.9 Å². The fourth-order valence-corrected chi connectivity index (χ4v) is 3.40. The summed E-state index contributed by atoms with van der Waals surface area (Å²) in [6.07, 6.45) is 1.21. The number of carbonyl (C=O) groups excluding carboxylic acids is 2. The molecule has 148 valence electrons. The number of nitrogens with one attached hydrogen (secondary N) is 2. The molecule has 28 heavy (non-hydrogen) atoms. The van der Waals surface area contributed by atoms with E-state index in [2.05, 4.69) is 24.5 Å². The zero-order valence-electron chi connectivity index (χ0n) is 16.1. The molecule has 5 nitrogen and oxygen atoms in total. The van der Waals surface area contributed by atoms with Gasteiger partial charge >= 0.3 is 0 Å². The second-order valence-corrected chi connectivity index (χ2v) is 7.75. The standard InChI is InChI=1S/C22H25ClN2O3/c1-14(2)20(15-8-10-17(23)11-9-15)25-21(26)16-5-3-6-18(13-16)24-22(27)19-7-4-12-28-19/h3,5-6,8-11,13-14,19-20H,4,7,12H2,1-2H3,(H,24,27)(H,25,26). The minimum atomic E-state index is -0.410. The van der Waals surface area contributed by atoms with Crippen LogP contribution in [0.1, 0.15) is 48.7 Å². The normalized spacial score (nSPS) is 17.4. The number of hydrogen-bond donors (Lipinski definition) is 2. The van der Waals surface area contributed by atoms with E-state index in [4.69, 9.17) is 16.3 Å². The Bertz CT molecular complexity index is 830. The predicted molar refractivity (Wildman–Crippen MR) is 111 cm³/mol. The molecule has 1 fully saturated rings. The molecule has 2 amide bonds. The fourth-order valence-electron chi connectivity index (χ4n) is 3.27. The molecule has 2 atom stereocenters. The SMILES string of the molecule is CC(C)C(NC(=O)c1cccc(NC(=O)C2CCCO2)c1)c1ccc(Cl)cc1. The maximum atomic E-state index is 12.8. The Morgan fingerprint density at radius 1 is 1.14 bits per heavy atom. The van der Waals surface area contributed by atoms with Crippen LogP contribution in [0.15, 0.2) is 48.5 Å². The van der Waals surface area contributed by atoms with Crippen LogP contribution < -0.4 is 10.6 Å². The van der Waals surface area contributed by atoms with E-state index in [9.17, 15) is 9.59 Å². The highest BCUT2D eigenvalue weighted by atomic mass is 35.5. The molecule has 0 aliphatic carbocycles. The topological polar surface area (TPSA) is 67.4 Å². The molecule has 2 aromatic carbocycles. The van der Waals surface area contributed by atoms with Gasteiger partial charge in [-0.1, -0.05) is 43.6 Å². The lowest BCUT2D eigenvalue weighted by molar-refractivity contribution is -0.124. The smallest absolute Gasteiger partial charge is 0.253 e. The first kappa shape index (κ1) is 20.4. The Kier molecular flexibility index (Phi) is 6.70. The first-order valence-corrected chi connectivity index (χ1v) is 9.90. The summed E-state index contributed by atoms with van der Waals surface area (Å²) in [7, 11) is 0. The average molecular weight is 401 g/mol. The highest BCUT2D eigenvalue weighted by Gasteiger charge is 2.24. The fraction of sp³-hybridized carbons (Fsp3) is 0.364. The second kappa shape index (κ2) is 9.22. The maximum Gasteiger partial charge on any atom is 0.253 e. The Morgan fingerprint density at radius 3 is 2.54 bits per heavy atom. The molecule has 0 spiro atoms. The van der Waals surface area contributed by atoms with Crippen LogP contribution in [-0.4, -0.2) is 24.5 Å². The maximum absolute atomic E-state index is 12.8. The molecule has 3 rings (SSSR count). The molecule has 6 heteroatoms. The van der Waals surface area contributed by atoms with Gasteiger partial charge in [-0.15, -0.1) is 0 Å². The number of halogens is 1. The summed E-state index contributed by atoms with van der Waals surface area (Å²) in [6.45, 7) is 4.72. The van der Waals surface area contributed by atoms with Gasteiger partial charge in [-0.05, 0) is 54.7 Å². The zero-order chi connectivity index (χ0) is 20.1. The van der Waals surface area contributed by atoms with Crippen LogP contribution >= 0.6 is 11.6 Å². The van der Waals surface area contributed by atoms with Gasteiger partial charge in [0.15, 0.2) is 0 Å². The van der Waals surface area contributed by atoms with Crippen molar-refractivity contribution in [3.8, 4) is 0 Å². The summed E-state index contributed by atoms with van der Waals surface area (Å²) in [5.41, 5.74) is 2.07. The molecule has 2 unspecified atom stereocenters. The van der Waals surface area contributed by atoms with Crippen LogP contribution in [-0.2, 0) is 9.53 Å². The van der Waals surface area contributed by atoms with E-state index in [1.165, 1.54) is 0 Å². The number of anilines is 1. The lowest BCUT2D eigenvalue weighted by atomic mass is 9.95. The van der Waals surface area contributed by atoms with Gasteiger partial charge in [-0.25, -0.2) is 0 Å². The number of ether oxygens (including phenoxy) is 1. The monoisotopic (exact) mass is 400 g/mol. The first-order valence-electron chi connectivity index (χ1n) is 9.53. The lowest BCUT2D eigenvalue weighted by Gasteiger charge is -2.23. The molecule has 0 bridgehead atoms. The molecule has 0 saturated carbocycles. The van der Waals surface area contributed by atoms with E-state index in [1.54, 1.807) is 24.3 Å². The van der Waals surface area contributed by atoms with Gasteiger partial charge in [0.1, 0.15) is 6.10 Å². The van der Waals surface area contributed by atoms with Crippen LogP contribution in [0.4, 0.5) is 5.69 Å². The average Bonchev–Trinajstić information content (AvgIpc) is 3.22. The number of amides is 2. The van der Waals surface area contributed by atoms with Crippen LogP contribution in [0.2, 0.25) is 5.02 Å². The van der Waals surface area contributed by atoms with E-state index < -0.39 is 6.10 Å². The molecular weight excluding hydrogens is 376 g/mol. The summed E-state index contributed by atoms with van der Waals surface area (Å²) in [5.74, 6) is -0.161. The molecule has 2 aromatic rings. The van der Waals surface area contributed by atoms with Crippen molar-refractivity contribution < 1.29 is 14.3 Å². The molecule has 1 saturated heterocycles. The third-order valence-electron chi connectivity index (χ3n) is 4.80. The number of benzene rings is 2. The Hall–Kier alpha value is -2.37. The van der Waals surface area contributed by atoms with Crippen molar-refractivity contribution in [2.45, 2.75) is 38.8 Å². The van der Waals surface area contributed by atoms with Gasteiger partial charge in [0, 0.05) is 22.9 Å². The van der Waals surface area contributed by atoms with Crippen LogP contribution in [0.5, 0.6) is 0 Å². The summed E-state index contributed by atoms with van der Waals surface area (Å²) in [4.78, 5) is 25.0. The molecule has 1 aliphatic rings. The molecule has 1 heterocycles. The third kappa shape index (κ3) is 5.12. The molecule has 1 aliphatic heterocycles. The third-order valence-corrected chi connectivity index (χ3v) is 5.05. The largest absolute Gasteiger partial charge is 0.368 e. The van der Waals surface area contributed by atoms with Crippen LogP contribution in [0.3, 0.4) is 0 Å². The van der Waals surface area contributed by atoms with E-state index in [0.29, 0.717) is 22.9 Å². The van der Waals surface area contributed by atoms with Crippen molar-refractivity contribution in [1.82, 2.24) is 5.32 Å². The number of rotatable bonds is 6. The Morgan fingerprint density at radius 2 is 1.89 bits per heavy atom. The van der Waals surface area contributed by atoms with Gasteiger partial charge in [0.05, 0.1) is 6.04 Å². The van der Waals surface area contributed by atoms with E-state index in [-0.39, 0.29) is 23.8 Å².